The summed E-state index contributed by atoms with van der Waals surface area (Å²) in [6, 6.07) is 5.52. The minimum Gasteiger partial charge on any atom is -0.464 e. The molecule has 3 aromatic rings. The third kappa shape index (κ3) is 2.32. The minimum atomic E-state index is -0.0968. The van der Waals surface area contributed by atoms with E-state index in [1.807, 2.05) is 0 Å². The van der Waals surface area contributed by atoms with Crippen molar-refractivity contribution in [2.45, 2.75) is 12.8 Å². The highest BCUT2D eigenvalue weighted by Crippen LogP contribution is 2.43. The lowest BCUT2D eigenvalue weighted by Crippen LogP contribution is -2.27. The molecule has 0 atom stereocenters. The standard InChI is InChI=1S/C17H15N5O2S/c18-8-9-11(10-4-3-7-24-10)12-13(19)14(25-16(12)21-15(9)20)17(23)22-5-1-2-6-22/h3-4,7H,1-2,5-6,19H2,(H2,20,21). The molecular formula is C17H15N5O2S. The van der Waals surface area contributed by atoms with Crippen LogP contribution >= 0.6 is 11.3 Å². The lowest BCUT2D eigenvalue weighted by Gasteiger charge is -2.14. The number of rotatable bonds is 2. The van der Waals surface area contributed by atoms with Gasteiger partial charge in [-0.25, -0.2) is 4.98 Å². The van der Waals surface area contributed by atoms with Crippen molar-refractivity contribution in [2.24, 2.45) is 0 Å². The number of hydrogen-bond acceptors (Lipinski definition) is 7. The van der Waals surface area contributed by atoms with Gasteiger partial charge < -0.3 is 20.8 Å². The van der Waals surface area contributed by atoms with E-state index in [0.717, 1.165) is 25.9 Å². The number of carbonyl (C=O) groups excluding carboxylic acids is 1. The van der Waals surface area contributed by atoms with Gasteiger partial charge in [-0.15, -0.1) is 11.3 Å². The summed E-state index contributed by atoms with van der Waals surface area (Å²) in [6.45, 7) is 1.47. The van der Waals surface area contributed by atoms with Crippen LogP contribution in [-0.4, -0.2) is 28.9 Å². The second-order valence-electron chi connectivity index (χ2n) is 5.86. The normalized spacial score (nSPS) is 14.1. The van der Waals surface area contributed by atoms with Crippen LogP contribution in [0.2, 0.25) is 0 Å². The number of nitrogens with zero attached hydrogens (tertiary/aromatic N) is 3. The number of furan rings is 1. The predicted molar refractivity (Wildman–Crippen MR) is 96.0 cm³/mol. The highest BCUT2D eigenvalue weighted by Gasteiger charge is 2.28. The lowest BCUT2D eigenvalue weighted by atomic mass is 10.0. The third-order valence-electron chi connectivity index (χ3n) is 4.37. The summed E-state index contributed by atoms with van der Waals surface area (Å²) in [5.74, 6) is 0.476. The topological polar surface area (TPSA) is 122 Å². The quantitative estimate of drug-likeness (QED) is 0.730. The van der Waals surface area contributed by atoms with E-state index in [1.165, 1.54) is 17.6 Å². The average Bonchev–Trinajstić information content (AvgIpc) is 3.35. The molecule has 0 spiro atoms. The summed E-state index contributed by atoms with van der Waals surface area (Å²) < 4.78 is 5.47. The Hall–Kier alpha value is -3.05. The Morgan fingerprint density at radius 1 is 1.36 bits per heavy atom. The number of aromatic nitrogens is 1. The smallest absolute Gasteiger partial charge is 0.266 e. The Morgan fingerprint density at radius 2 is 2.12 bits per heavy atom. The number of fused-ring (bicyclic) bond motifs is 1. The molecular weight excluding hydrogens is 338 g/mol. The third-order valence-corrected chi connectivity index (χ3v) is 5.46. The van der Waals surface area contributed by atoms with E-state index >= 15 is 0 Å². The van der Waals surface area contributed by atoms with Gasteiger partial charge in [0, 0.05) is 18.5 Å². The van der Waals surface area contributed by atoms with E-state index in [9.17, 15) is 10.1 Å². The molecule has 1 saturated heterocycles. The molecule has 0 saturated carbocycles. The Bertz CT molecular complexity index is 1010. The second kappa shape index (κ2) is 5.79. The van der Waals surface area contributed by atoms with Crippen molar-refractivity contribution < 1.29 is 9.21 Å². The van der Waals surface area contributed by atoms with Crippen molar-refractivity contribution in [3.05, 3.63) is 28.8 Å². The number of hydrogen-bond donors (Lipinski definition) is 2. The first-order chi connectivity index (χ1) is 12.1. The highest BCUT2D eigenvalue weighted by molar-refractivity contribution is 7.21. The Balaban J connectivity index is 1.99. The van der Waals surface area contributed by atoms with Gasteiger partial charge in [0.1, 0.15) is 32.9 Å². The monoisotopic (exact) mass is 353 g/mol. The summed E-state index contributed by atoms with van der Waals surface area (Å²) in [5, 5.41) is 10.1. The van der Waals surface area contributed by atoms with Crippen LogP contribution in [0.3, 0.4) is 0 Å². The molecule has 0 bridgehead atoms. The first kappa shape index (κ1) is 15.5. The molecule has 0 unspecified atom stereocenters. The largest absolute Gasteiger partial charge is 0.464 e. The summed E-state index contributed by atoms with van der Waals surface area (Å²) >= 11 is 1.21. The molecule has 126 valence electrons. The SMILES string of the molecule is N#Cc1c(N)nc2sc(C(=O)N3CCCC3)c(N)c2c1-c1ccco1. The zero-order valence-electron chi connectivity index (χ0n) is 13.3. The fourth-order valence-electron chi connectivity index (χ4n) is 3.17. The van der Waals surface area contributed by atoms with E-state index in [0.29, 0.717) is 32.1 Å². The number of nitrogen functional groups attached to an aromatic ring is 2. The minimum absolute atomic E-state index is 0.0968. The number of nitrogens with two attached hydrogens (primary N) is 2. The van der Waals surface area contributed by atoms with E-state index < -0.39 is 0 Å². The molecule has 0 radical (unpaired) electrons. The molecule has 4 heterocycles. The second-order valence-corrected chi connectivity index (χ2v) is 6.86. The molecule has 4 rings (SSSR count). The average molecular weight is 353 g/mol. The van der Waals surface area contributed by atoms with Gasteiger partial charge >= 0.3 is 0 Å². The molecule has 1 fully saturated rings. The predicted octanol–water partition coefficient (Wildman–Crippen LogP) is 2.83. The van der Waals surface area contributed by atoms with Gasteiger partial charge in [-0.05, 0) is 25.0 Å². The fraction of sp³-hybridized carbons (Fsp3) is 0.235. The van der Waals surface area contributed by atoms with Crippen LogP contribution < -0.4 is 11.5 Å². The first-order valence-corrected chi connectivity index (χ1v) is 8.68. The summed E-state index contributed by atoms with van der Waals surface area (Å²) in [5.41, 5.74) is 13.3. The van der Waals surface area contributed by atoms with Crippen molar-refractivity contribution in [1.29, 1.82) is 5.26 Å². The van der Waals surface area contributed by atoms with E-state index in [-0.39, 0.29) is 17.3 Å². The number of nitriles is 1. The van der Waals surface area contributed by atoms with Crippen LogP contribution in [0.25, 0.3) is 21.5 Å². The number of pyridine rings is 1. The number of anilines is 2. The van der Waals surface area contributed by atoms with E-state index in [2.05, 4.69) is 11.1 Å². The maximum Gasteiger partial charge on any atom is 0.266 e. The van der Waals surface area contributed by atoms with Gasteiger partial charge in [0.15, 0.2) is 0 Å². The van der Waals surface area contributed by atoms with Gasteiger partial charge in [0.2, 0.25) is 0 Å². The van der Waals surface area contributed by atoms with Gasteiger partial charge in [-0.1, -0.05) is 0 Å². The zero-order chi connectivity index (χ0) is 17.6. The molecule has 3 aromatic heterocycles. The molecule has 0 aromatic carbocycles. The molecule has 1 amide bonds. The number of likely N-dealkylation sites (tertiary alicyclic amines) is 1. The molecule has 1 aliphatic rings. The van der Waals surface area contributed by atoms with Crippen LogP contribution in [0, 0.1) is 11.3 Å². The summed E-state index contributed by atoms with van der Waals surface area (Å²) in [6.07, 6.45) is 3.51. The lowest BCUT2D eigenvalue weighted by molar-refractivity contribution is 0.0798. The molecule has 25 heavy (non-hydrogen) atoms. The number of thiophene rings is 1. The fourth-order valence-corrected chi connectivity index (χ4v) is 4.25. The van der Waals surface area contributed by atoms with Gasteiger partial charge in [-0.3, -0.25) is 4.79 Å². The highest BCUT2D eigenvalue weighted by atomic mass is 32.1. The van der Waals surface area contributed by atoms with Crippen LogP contribution in [0.15, 0.2) is 22.8 Å². The van der Waals surface area contributed by atoms with Gasteiger partial charge in [-0.2, -0.15) is 5.26 Å². The molecule has 4 N–H and O–H groups in total. The Morgan fingerprint density at radius 3 is 2.76 bits per heavy atom. The van der Waals surface area contributed by atoms with Crippen LogP contribution in [0.5, 0.6) is 0 Å². The van der Waals surface area contributed by atoms with Crippen LogP contribution in [0.1, 0.15) is 28.1 Å². The number of amides is 1. The van der Waals surface area contributed by atoms with Crippen molar-refractivity contribution in [3.63, 3.8) is 0 Å². The van der Waals surface area contributed by atoms with Crippen LogP contribution in [0.4, 0.5) is 11.5 Å². The maximum absolute atomic E-state index is 12.8. The van der Waals surface area contributed by atoms with Gasteiger partial charge in [0.05, 0.1) is 17.5 Å². The zero-order valence-corrected chi connectivity index (χ0v) is 14.1. The van der Waals surface area contributed by atoms with Crippen molar-refractivity contribution in [1.82, 2.24) is 9.88 Å². The Kier molecular flexibility index (Phi) is 3.58. The van der Waals surface area contributed by atoms with Crippen molar-refractivity contribution >= 4 is 39.0 Å². The molecule has 1 aliphatic heterocycles. The maximum atomic E-state index is 12.8. The van der Waals surface area contributed by atoms with E-state index in [1.54, 1.807) is 17.0 Å². The Labute approximate surface area is 147 Å². The summed E-state index contributed by atoms with van der Waals surface area (Å²) in [7, 11) is 0. The molecule has 0 aliphatic carbocycles. The van der Waals surface area contributed by atoms with E-state index in [4.69, 9.17) is 15.9 Å². The van der Waals surface area contributed by atoms with Crippen molar-refractivity contribution in [3.8, 4) is 17.4 Å². The molecule has 7 nitrogen and oxygen atoms in total. The van der Waals surface area contributed by atoms with Gasteiger partial charge in [0.25, 0.3) is 5.91 Å². The van der Waals surface area contributed by atoms with Crippen LogP contribution in [-0.2, 0) is 0 Å². The summed E-state index contributed by atoms with van der Waals surface area (Å²) in [4.78, 5) is 19.8. The first-order valence-electron chi connectivity index (χ1n) is 7.86. The molecule has 8 heteroatoms. The number of carbonyl (C=O) groups is 1. The van der Waals surface area contributed by atoms with Crippen molar-refractivity contribution in [2.75, 3.05) is 24.6 Å².